The van der Waals surface area contributed by atoms with Crippen molar-refractivity contribution >= 4 is 5.97 Å². The highest BCUT2D eigenvalue weighted by Crippen LogP contribution is 2.67. The fraction of sp³-hybridized carbons (Fsp3) is 0.824. The van der Waals surface area contributed by atoms with Crippen LogP contribution in [0.1, 0.15) is 52.9 Å². The Balaban J connectivity index is 1.99. The van der Waals surface area contributed by atoms with Crippen LogP contribution < -0.4 is 0 Å². The summed E-state index contributed by atoms with van der Waals surface area (Å²) < 4.78 is 12.2. The molecular formula is C17H26O3. The van der Waals surface area contributed by atoms with Gasteiger partial charge in [0.2, 0.25) is 0 Å². The summed E-state index contributed by atoms with van der Waals surface area (Å²) in [4.78, 5) is 11.8. The van der Waals surface area contributed by atoms with Gasteiger partial charge in [-0.1, -0.05) is 20.4 Å². The minimum absolute atomic E-state index is 0.0929. The summed E-state index contributed by atoms with van der Waals surface area (Å²) in [6.45, 7) is 10.9. The first-order valence-corrected chi connectivity index (χ1v) is 7.86. The molecule has 4 bridgehead atoms. The Kier molecular flexibility index (Phi) is 3.06. The molecule has 112 valence electrons. The van der Waals surface area contributed by atoms with Gasteiger partial charge in [-0.25, -0.2) is 4.79 Å². The minimum atomic E-state index is -0.339. The van der Waals surface area contributed by atoms with Gasteiger partial charge in [-0.05, 0) is 50.4 Å². The average Bonchev–Trinajstić information content (AvgIpc) is 2.34. The third kappa shape index (κ3) is 1.86. The lowest BCUT2D eigenvalue weighted by Gasteiger charge is -2.67. The summed E-state index contributed by atoms with van der Waals surface area (Å²) in [6, 6.07) is 0. The summed E-state index contributed by atoms with van der Waals surface area (Å²) in [5.74, 6) is 0.611. The molecule has 5 atom stereocenters. The van der Waals surface area contributed by atoms with Crippen LogP contribution in [-0.2, 0) is 14.3 Å². The van der Waals surface area contributed by atoms with Crippen LogP contribution in [0, 0.1) is 17.3 Å². The monoisotopic (exact) mass is 278 g/mol. The highest BCUT2D eigenvalue weighted by Gasteiger charge is 2.68. The maximum absolute atomic E-state index is 11.8. The second kappa shape index (κ2) is 4.33. The van der Waals surface area contributed by atoms with Gasteiger partial charge in [0.05, 0.1) is 5.60 Å². The molecule has 0 N–H and O–H groups in total. The maximum Gasteiger partial charge on any atom is 0.330 e. The predicted molar refractivity (Wildman–Crippen MR) is 77.2 cm³/mol. The average molecular weight is 278 g/mol. The molecule has 4 saturated carbocycles. The molecule has 3 nitrogen and oxygen atoms in total. The lowest BCUT2D eigenvalue weighted by molar-refractivity contribution is -0.282. The van der Waals surface area contributed by atoms with Gasteiger partial charge in [-0.3, -0.25) is 0 Å². The van der Waals surface area contributed by atoms with E-state index in [2.05, 4.69) is 27.4 Å². The third-order valence-electron chi connectivity index (χ3n) is 5.98. The van der Waals surface area contributed by atoms with Crippen LogP contribution in [0.15, 0.2) is 12.7 Å². The van der Waals surface area contributed by atoms with Gasteiger partial charge in [0.25, 0.3) is 0 Å². The molecule has 5 unspecified atom stereocenters. The highest BCUT2D eigenvalue weighted by molar-refractivity contribution is 5.81. The summed E-state index contributed by atoms with van der Waals surface area (Å²) in [7, 11) is 0. The molecule has 4 fully saturated rings. The normalized spacial score (nSPS) is 49.1. The first-order valence-electron chi connectivity index (χ1n) is 7.86. The highest BCUT2D eigenvalue weighted by atomic mass is 16.6. The fourth-order valence-electron chi connectivity index (χ4n) is 5.76. The molecule has 0 radical (unpaired) electrons. The van der Waals surface area contributed by atoms with E-state index < -0.39 is 0 Å². The number of carbonyl (C=O) groups excluding carboxylic acids is 1. The van der Waals surface area contributed by atoms with Crippen LogP contribution >= 0.6 is 0 Å². The molecule has 0 aromatic rings. The molecule has 3 heteroatoms. The molecule has 0 saturated heterocycles. The van der Waals surface area contributed by atoms with Gasteiger partial charge in [-0.2, -0.15) is 0 Å². The van der Waals surface area contributed by atoms with Crippen molar-refractivity contribution in [3.8, 4) is 0 Å². The molecule has 0 aromatic heterocycles. The number of carbonyl (C=O) groups is 1. The van der Waals surface area contributed by atoms with Gasteiger partial charge in [0.1, 0.15) is 5.60 Å². The summed E-state index contributed by atoms with van der Waals surface area (Å²) in [6.07, 6.45) is 6.76. The number of ether oxygens (including phenoxy) is 2. The SMILES string of the molecule is C=CC(=O)OC12CC3CC(C)(CC(OCC)(C3)C1C)C2. The van der Waals surface area contributed by atoms with Crippen molar-refractivity contribution in [2.75, 3.05) is 6.61 Å². The van der Waals surface area contributed by atoms with E-state index in [4.69, 9.17) is 9.47 Å². The zero-order valence-corrected chi connectivity index (χ0v) is 12.9. The third-order valence-corrected chi connectivity index (χ3v) is 5.98. The Hall–Kier alpha value is -0.830. The first-order chi connectivity index (χ1) is 9.37. The smallest absolute Gasteiger partial charge is 0.330 e. The molecule has 0 spiro atoms. The molecule has 0 heterocycles. The molecule has 0 amide bonds. The Morgan fingerprint density at radius 3 is 2.55 bits per heavy atom. The van der Waals surface area contributed by atoms with E-state index in [1.54, 1.807) is 0 Å². The first kappa shape index (κ1) is 14.1. The van der Waals surface area contributed by atoms with Crippen molar-refractivity contribution in [1.82, 2.24) is 0 Å². The van der Waals surface area contributed by atoms with Crippen LogP contribution in [-0.4, -0.2) is 23.8 Å². The van der Waals surface area contributed by atoms with Crippen molar-refractivity contribution in [2.45, 2.75) is 64.1 Å². The molecule has 4 rings (SSSR count). The Bertz CT molecular complexity index is 446. The summed E-state index contributed by atoms with van der Waals surface area (Å²) in [5.41, 5.74) is -0.177. The van der Waals surface area contributed by atoms with E-state index >= 15 is 0 Å². The molecule has 0 aromatic carbocycles. The van der Waals surface area contributed by atoms with Crippen molar-refractivity contribution < 1.29 is 14.3 Å². The summed E-state index contributed by atoms with van der Waals surface area (Å²) >= 11 is 0. The van der Waals surface area contributed by atoms with Crippen molar-refractivity contribution in [3.05, 3.63) is 12.7 Å². The minimum Gasteiger partial charge on any atom is -0.455 e. The van der Waals surface area contributed by atoms with E-state index in [0.717, 1.165) is 32.3 Å². The van der Waals surface area contributed by atoms with E-state index in [1.807, 2.05) is 0 Å². The van der Waals surface area contributed by atoms with Gasteiger partial charge in [0, 0.05) is 18.6 Å². The van der Waals surface area contributed by atoms with Crippen LogP contribution in [0.4, 0.5) is 0 Å². The Morgan fingerprint density at radius 2 is 1.95 bits per heavy atom. The second-order valence-corrected chi connectivity index (χ2v) is 7.55. The van der Waals surface area contributed by atoms with Gasteiger partial charge in [0.15, 0.2) is 0 Å². The molecule has 4 aliphatic rings. The van der Waals surface area contributed by atoms with Crippen LogP contribution in [0.2, 0.25) is 0 Å². The molecule has 4 aliphatic carbocycles. The van der Waals surface area contributed by atoms with Crippen LogP contribution in [0.5, 0.6) is 0 Å². The number of hydrogen-bond donors (Lipinski definition) is 0. The Labute approximate surface area is 121 Å². The van der Waals surface area contributed by atoms with Crippen molar-refractivity contribution in [1.29, 1.82) is 0 Å². The molecule has 0 aliphatic heterocycles. The van der Waals surface area contributed by atoms with Gasteiger partial charge < -0.3 is 9.47 Å². The number of esters is 1. The fourth-order valence-corrected chi connectivity index (χ4v) is 5.76. The summed E-state index contributed by atoms with van der Waals surface area (Å²) in [5, 5.41) is 0. The maximum atomic E-state index is 11.8. The van der Waals surface area contributed by atoms with E-state index in [9.17, 15) is 4.79 Å². The van der Waals surface area contributed by atoms with Crippen molar-refractivity contribution in [2.24, 2.45) is 17.3 Å². The van der Waals surface area contributed by atoms with E-state index in [0.29, 0.717) is 5.92 Å². The van der Waals surface area contributed by atoms with Gasteiger partial charge >= 0.3 is 5.97 Å². The molecular weight excluding hydrogens is 252 g/mol. The number of hydrogen-bond acceptors (Lipinski definition) is 3. The van der Waals surface area contributed by atoms with E-state index in [-0.39, 0.29) is 28.5 Å². The van der Waals surface area contributed by atoms with Crippen molar-refractivity contribution in [3.63, 3.8) is 0 Å². The van der Waals surface area contributed by atoms with Crippen LogP contribution in [0.25, 0.3) is 0 Å². The topological polar surface area (TPSA) is 35.5 Å². The standard InChI is InChI=1S/C17H26O3/c1-5-14(18)20-17-9-13-7-15(4,11-17)10-16(8-13,12(17)3)19-6-2/h5,12-13H,1,6-11H2,2-4H3. The van der Waals surface area contributed by atoms with E-state index in [1.165, 1.54) is 12.5 Å². The second-order valence-electron chi connectivity index (χ2n) is 7.55. The lowest BCUT2D eigenvalue weighted by Crippen LogP contribution is -2.69. The quantitative estimate of drug-likeness (QED) is 0.583. The number of rotatable bonds is 4. The Morgan fingerprint density at radius 1 is 1.30 bits per heavy atom. The zero-order valence-electron chi connectivity index (χ0n) is 12.9. The zero-order chi connectivity index (χ0) is 14.6. The molecule has 20 heavy (non-hydrogen) atoms. The van der Waals surface area contributed by atoms with Gasteiger partial charge in [-0.15, -0.1) is 0 Å². The lowest BCUT2D eigenvalue weighted by atomic mass is 9.43. The largest absolute Gasteiger partial charge is 0.455 e. The predicted octanol–water partition coefficient (Wildman–Crippen LogP) is 3.48. The van der Waals surface area contributed by atoms with Crippen LogP contribution in [0.3, 0.4) is 0 Å².